The lowest BCUT2D eigenvalue weighted by atomic mass is 10.0. The van der Waals surface area contributed by atoms with E-state index in [1.807, 2.05) is 18.7 Å². The van der Waals surface area contributed by atoms with Crippen LogP contribution in [0.3, 0.4) is 0 Å². The molecule has 1 atom stereocenters. The van der Waals surface area contributed by atoms with Gasteiger partial charge in [0.05, 0.1) is 6.61 Å². The van der Waals surface area contributed by atoms with E-state index in [0.29, 0.717) is 12.5 Å². The highest BCUT2D eigenvalue weighted by Crippen LogP contribution is 2.17. The van der Waals surface area contributed by atoms with Crippen LogP contribution in [0, 0.1) is 5.92 Å². The maximum absolute atomic E-state index is 12.2. The van der Waals surface area contributed by atoms with Gasteiger partial charge in [-0.25, -0.2) is 4.79 Å². The highest BCUT2D eigenvalue weighted by Gasteiger charge is 2.26. The second-order valence-corrected chi connectivity index (χ2v) is 4.99. The quantitative estimate of drug-likeness (QED) is 0.796. The first-order valence-corrected chi connectivity index (χ1v) is 6.22. The third-order valence-corrected chi connectivity index (χ3v) is 3.14. The Kier molecular flexibility index (Phi) is 5.06. The van der Waals surface area contributed by atoms with Crippen molar-refractivity contribution in [1.29, 1.82) is 0 Å². The van der Waals surface area contributed by atoms with Crippen LogP contribution in [-0.4, -0.2) is 53.2 Å². The Morgan fingerprint density at radius 1 is 1.56 bits per heavy atom. The molecule has 0 aromatic carbocycles. The number of carbonyl (C=O) groups is 1. The van der Waals surface area contributed by atoms with Crippen molar-refractivity contribution in [2.24, 2.45) is 5.92 Å². The molecule has 2 amide bonds. The molecule has 1 rings (SSSR count). The zero-order valence-corrected chi connectivity index (χ0v) is 10.6. The van der Waals surface area contributed by atoms with Gasteiger partial charge < -0.3 is 14.9 Å². The number of urea groups is 1. The van der Waals surface area contributed by atoms with E-state index in [0.717, 1.165) is 19.5 Å². The van der Waals surface area contributed by atoms with Crippen LogP contribution < -0.4 is 0 Å². The first kappa shape index (κ1) is 13.3. The Morgan fingerprint density at radius 3 is 2.75 bits per heavy atom. The summed E-state index contributed by atoms with van der Waals surface area (Å²) in [5, 5.41) is 8.97. The minimum absolute atomic E-state index is 0.0350. The molecule has 1 heterocycles. The molecular formula is C12H24N2O2. The number of carbonyl (C=O) groups excluding carboxylic acids is 1. The Bertz CT molecular complexity index is 231. The fourth-order valence-electron chi connectivity index (χ4n) is 2.23. The van der Waals surface area contributed by atoms with Crippen LogP contribution in [0.4, 0.5) is 4.79 Å². The summed E-state index contributed by atoms with van der Waals surface area (Å²) in [7, 11) is 0. The molecule has 0 saturated carbocycles. The summed E-state index contributed by atoms with van der Waals surface area (Å²) in [6.45, 7) is 8.34. The summed E-state index contributed by atoms with van der Waals surface area (Å²) in [6, 6.07) is 0.229. The molecule has 0 aliphatic carbocycles. The van der Waals surface area contributed by atoms with Gasteiger partial charge in [-0.15, -0.1) is 0 Å². The highest BCUT2D eigenvalue weighted by atomic mass is 16.3. The smallest absolute Gasteiger partial charge is 0.320 e. The molecule has 0 aromatic heterocycles. The fourth-order valence-corrected chi connectivity index (χ4v) is 2.23. The van der Waals surface area contributed by atoms with Crippen LogP contribution in [0.1, 0.15) is 33.6 Å². The average molecular weight is 228 g/mol. The van der Waals surface area contributed by atoms with Crippen LogP contribution >= 0.6 is 0 Å². The normalized spacial score (nSPS) is 21.3. The van der Waals surface area contributed by atoms with E-state index in [1.165, 1.54) is 6.42 Å². The largest absolute Gasteiger partial charge is 0.395 e. The maximum atomic E-state index is 12.2. The molecule has 0 bridgehead atoms. The molecule has 1 fully saturated rings. The first-order valence-electron chi connectivity index (χ1n) is 6.22. The van der Waals surface area contributed by atoms with Crippen LogP contribution in [0.2, 0.25) is 0 Å². The van der Waals surface area contributed by atoms with E-state index in [9.17, 15) is 4.79 Å². The van der Waals surface area contributed by atoms with Gasteiger partial charge in [-0.2, -0.15) is 0 Å². The van der Waals surface area contributed by atoms with Crippen molar-refractivity contribution in [3.05, 3.63) is 0 Å². The third-order valence-electron chi connectivity index (χ3n) is 3.14. The van der Waals surface area contributed by atoms with Crippen molar-refractivity contribution < 1.29 is 9.90 Å². The van der Waals surface area contributed by atoms with Gasteiger partial charge in [0, 0.05) is 25.7 Å². The topological polar surface area (TPSA) is 43.8 Å². The summed E-state index contributed by atoms with van der Waals surface area (Å²) >= 11 is 0. The average Bonchev–Trinajstić information content (AvgIpc) is 2.24. The number of nitrogens with zero attached hydrogens (tertiary/aromatic N) is 2. The van der Waals surface area contributed by atoms with Crippen LogP contribution in [0.25, 0.3) is 0 Å². The van der Waals surface area contributed by atoms with Gasteiger partial charge in [-0.3, -0.25) is 0 Å². The van der Waals surface area contributed by atoms with Crippen molar-refractivity contribution in [1.82, 2.24) is 9.80 Å². The molecule has 94 valence electrons. The number of amides is 2. The number of rotatable bonds is 3. The van der Waals surface area contributed by atoms with Gasteiger partial charge >= 0.3 is 6.03 Å². The Morgan fingerprint density at radius 2 is 2.25 bits per heavy atom. The zero-order valence-electron chi connectivity index (χ0n) is 10.6. The van der Waals surface area contributed by atoms with Gasteiger partial charge in [-0.05, 0) is 32.6 Å². The van der Waals surface area contributed by atoms with Crippen LogP contribution in [0.5, 0.6) is 0 Å². The summed E-state index contributed by atoms with van der Waals surface area (Å²) < 4.78 is 0. The predicted molar refractivity (Wildman–Crippen MR) is 64.3 cm³/mol. The van der Waals surface area contributed by atoms with Crippen molar-refractivity contribution in [3.8, 4) is 0 Å². The Hall–Kier alpha value is -0.770. The van der Waals surface area contributed by atoms with Crippen molar-refractivity contribution >= 4 is 6.03 Å². The van der Waals surface area contributed by atoms with Gasteiger partial charge in [-0.1, -0.05) is 6.92 Å². The minimum atomic E-state index is 0.0350. The number of aliphatic hydroxyl groups excluding tert-OH is 1. The lowest BCUT2D eigenvalue weighted by Gasteiger charge is -2.36. The molecule has 4 nitrogen and oxygen atoms in total. The van der Waals surface area contributed by atoms with Crippen LogP contribution in [0.15, 0.2) is 0 Å². The fraction of sp³-hybridized carbons (Fsp3) is 0.917. The van der Waals surface area contributed by atoms with Gasteiger partial charge in [0.2, 0.25) is 0 Å². The molecule has 1 aliphatic rings. The molecule has 1 aliphatic heterocycles. The number of hydrogen-bond acceptors (Lipinski definition) is 2. The van der Waals surface area contributed by atoms with Gasteiger partial charge in [0.25, 0.3) is 0 Å². The van der Waals surface area contributed by atoms with Crippen molar-refractivity contribution in [3.63, 3.8) is 0 Å². The molecule has 0 aromatic rings. The molecular weight excluding hydrogens is 204 g/mol. The summed E-state index contributed by atoms with van der Waals surface area (Å²) in [4.78, 5) is 15.9. The number of hydrogen-bond donors (Lipinski definition) is 1. The van der Waals surface area contributed by atoms with E-state index < -0.39 is 0 Å². The summed E-state index contributed by atoms with van der Waals surface area (Å²) in [5.41, 5.74) is 0. The van der Waals surface area contributed by atoms with Crippen molar-refractivity contribution in [2.75, 3.05) is 26.2 Å². The number of likely N-dealkylation sites (tertiary alicyclic amines) is 1. The minimum Gasteiger partial charge on any atom is -0.395 e. The number of piperidine rings is 1. The lowest BCUT2D eigenvalue weighted by Crippen LogP contribution is -2.50. The van der Waals surface area contributed by atoms with E-state index in [2.05, 4.69) is 6.92 Å². The van der Waals surface area contributed by atoms with Crippen molar-refractivity contribution in [2.45, 2.75) is 39.7 Å². The Balaban J connectivity index is 2.58. The monoisotopic (exact) mass is 228 g/mol. The second kappa shape index (κ2) is 6.09. The molecule has 0 spiro atoms. The molecule has 16 heavy (non-hydrogen) atoms. The summed E-state index contributed by atoms with van der Waals surface area (Å²) in [5.74, 6) is 0.598. The van der Waals surface area contributed by atoms with E-state index in [-0.39, 0.29) is 18.7 Å². The number of aliphatic hydroxyl groups is 1. The highest BCUT2D eigenvalue weighted by molar-refractivity contribution is 5.74. The molecule has 1 unspecified atom stereocenters. The van der Waals surface area contributed by atoms with E-state index in [1.54, 1.807) is 4.90 Å². The van der Waals surface area contributed by atoms with E-state index >= 15 is 0 Å². The predicted octanol–water partition coefficient (Wildman–Crippen LogP) is 1.54. The molecule has 1 saturated heterocycles. The first-order chi connectivity index (χ1) is 7.56. The third kappa shape index (κ3) is 3.37. The molecule has 0 radical (unpaired) electrons. The maximum Gasteiger partial charge on any atom is 0.320 e. The second-order valence-electron chi connectivity index (χ2n) is 4.99. The summed E-state index contributed by atoms with van der Waals surface area (Å²) in [6.07, 6.45) is 2.31. The molecule has 1 N–H and O–H groups in total. The Labute approximate surface area is 98.2 Å². The lowest BCUT2D eigenvalue weighted by molar-refractivity contribution is 0.110. The van der Waals surface area contributed by atoms with Gasteiger partial charge in [0.15, 0.2) is 0 Å². The zero-order chi connectivity index (χ0) is 12.1. The van der Waals surface area contributed by atoms with Gasteiger partial charge in [0.1, 0.15) is 0 Å². The SMILES string of the molecule is CC1CCCN(C(=O)N(CCO)C(C)C)C1. The molecule has 4 heteroatoms. The van der Waals surface area contributed by atoms with Crippen LogP contribution in [-0.2, 0) is 0 Å². The standard InChI is InChI=1S/C12H24N2O2/c1-10(2)14(7-8-15)12(16)13-6-4-5-11(3)9-13/h10-11,15H,4-9H2,1-3H3. The van der Waals surface area contributed by atoms with E-state index in [4.69, 9.17) is 5.11 Å².